The lowest BCUT2D eigenvalue weighted by atomic mass is 10.2. The second-order valence-electron chi connectivity index (χ2n) is 4.36. The largest absolute Gasteiger partial charge is 0.331 e. The summed E-state index contributed by atoms with van der Waals surface area (Å²) in [5.74, 6) is 0. The molecule has 0 aromatic heterocycles. The molecule has 2 amide bonds. The molecule has 0 aliphatic carbocycles. The Bertz CT molecular complexity index is 561. The van der Waals surface area contributed by atoms with Crippen molar-refractivity contribution < 1.29 is 13.2 Å². The minimum atomic E-state index is -3.74. The average Bonchev–Trinajstić information content (AvgIpc) is 2.91. The average molecular weight is 280 g/mol. The number of benzene rings is 1. The van der Waals surface area contributed by atoms with E-state index in [9.17, 15) is 13.2 Å². The predicted octanol–water partition coefficient (Wildman–Crippen LogP) is 1.79. The summed E-state index contributed by atoms with van der Waals surface area (Å²) in [5, 5.41) is 1.01. The molecular formula is C13H16N2O3S. The van der Waals surface area contributed by atoms with Crippen molar-refractivity contribution in [2.75, 3.05) is 13.1 Å². The van der Waals surface area contributed by atoms with Gasteiger partial charge in [-0.05, 0) is 24.5 Å². The first-order valence-electron chi connectivity index (χ1n) is 6.12. The van der Waals surface area contributed by atoms with Gasteiger partial charge in [-0.3, -0.25) is 0 Å². The fourth-order valence-corrected chi connectivity index (χ4v) is 2.65. The number of nitrogens with zero attached hydrogens (tertiary/aromatic N) is 1. The summed E-state index contributed by atoms with van der Waals surface area (Å²) in [6, 6.07) is 8.50. The summed E-state index contributed by atoms with van der Waals surface area (Å²) in [6.07, 6.45) is 3.31. The summed E-state index contributed by atoms with van der Waals surface area (Å²) in [4.78, 5) is 13.2. The molecule has 1 heterocycles. The first-order chi connectivity index (χ1) is 9.07. The summed E-state index contributed by atoms with van der Waals surface area (Å²) in [7, 11) is -3.74. The molecule has 1 N–H and O–H groups in total. The molecule has 0 bridgehead atoms. The molecule has 1 fully saturated rings. The van der Waals surface area contributed by atoms with Crippen LogP contribution in [-0.2, 0) is 10.0 Å². The summed E-state index contributed by atoms with van der Waals surface area (Å²) in [5.41, 5.74) is 0.765. The molecule has 6 heteroatoms. The minimum Gasteiger partial charge on any atom is -0.324 e. The first kappa shape index (κ1) is 13.6. The molecule has 0 radical (unpaired) electrons. The van der Waals surface area contributed by atoms with Crippen LogP contribution in [0.2, 0.25) is 0 Å². The van der Waals surface area contributed by atoms with E-state index in [2.05, 4.69) is 0 Å². The Labute approximate surface area is 113 Å². The lowest BCUT2D eigenvalue weighted by Crippen LogP contribution is -2.40. The lowest BCUT2D eigenvalue weighted by Gasteiger charge is -2.14. The van der Waals surface area contributed by atoms with E-state index in [1.54, 1.807) is 12.1 Å². The standard InChI is InChI=1S/C13H16N2O3S/c16-13(15-9-4-5-10-15)14-19(17,18)11-8-12-6-2-1-3-7-12/h1-3,6-8,11H,4-5,9-10H2,(H,14,16)/b11-8+. The molecule has 1 saturated heterocycles. The Morgan fingerprint density at radius 2 is 1.79 bits per heavy atom. The van der Waals surface area contributed by atoms with E-state index < -0.39 is 16.1 Å². The van der Waals surface area contributed by atoms with Crippen LogP contribution in [0.1, 0.15) is 18.4 Å². The second-order valence-corrected chi connectivity index (χ2v) is 5.93. The second kappa shape index (κ2) is 5.88. The van der Waals surface area contributed by atoms with Gasteiger partial charge in [-0.25, -0.2) is 17.9 Å². The van der Waals surface area contributed by atoms with Gasteiger partial charge in [-0.1, -0.05) is 30.3 Å². The van der Waals surface area contributed by atoms with Crippen molar-refractivity contribution >= 4 is 22.1 Å². The molecule has 19 heavy (non-hydrogen) atoms. The number of urea groups is 1. The molecule has 0 unspecified atom stereocenters. The number of carbonyl (C=O) groups is 1. The molecule has 1 aliphatic heterocycles. The monoisotopic (exact) mass is 280 g/mol. The van der Waals surface area contributed by atoms with E-state index in [-0.39, 0.29) is 0 Å². The molecule has 0 atom stereocenters. The van der Waals surface area contributed by atoms with Crippen LogP contribution in [0, 0.1) is 0 Å². The number of amides is 2. The van der Waals surface area contributed by atoms with Gasteiger partial charge >= 0.3 is 6.03 Å². The summed E-state index contributed by atoms with van der Waals surface area (Å²) < 4.78 is 25.5. The van der Waals surface area contributed by atoms with Crippen LogP contribution < -0.4 is 4.72 Å². The van der Waals surface area contributed by atoms with Gasteiger partial charge in [0.05, 0.1) is 5.41 Å². The van der Waals surface area contributed by atoms with Crippen molar-refractivity contribution in [3.05, 3.63) is 41.3 Å². The van der Waals surface area contributed by atoms with Crippen LogP contribution in [0.4, 0.5) is 4.79 Å². The highest BCUT2D eigenvalue weighted by Crippen LogP contribution is 2.08. The molecule has 1 aromatic carbocycles. The van der Waals surface area contributed by atoms with Crippen molar-refractivity contribution in [2.24, 2.45) is 0 Å². The molecule has 2 rings (SSSR count). The van der Waals surface area contributed by atoms with Crippen LogP contribution in [0.5, 0.6) is 0 Å². The van der Waals surface area contributed by atoms with Crippen molar-refractivity contribution in [3.8, 4) is 0 Å². The minimum absolute atomic E-state index is 0.546. The van der Waals surface area contributed by atoms with Crippen LogP contribution in [-0.4, -0.2) is 32.4 Å². The van der Waals surface area contributed by atoms with Crippen LogP contribution >= 0.6 is 0 Å². The third-order valence-corrected chi connectivity index (χ3v) is 3.82. The van der Waals surface area contributed by atoms with Crippen molar-refractivity contribution in [1.82, 2.24) is 9.62 Å². The van der Waals surface area contributed by atoms with E-state index in [0.29, 0.717) is 13.1 Å². The molecule has 0 saturated carbocycles. The van der Waals surface area contributed by atoms with Gasteiger partial charge in [0.15, 0.2) is 0 Å². The number of hydrogen-bond donors (Lipinski definition) is 1. The van der Waals surface area contributed by atoms with E-state index in [0.717, 1.165) is 23.8 Å². The maximum absolute atomic E-state index is 11.7. The summed E-state index contributed by atoms with van der Waals surface area (Å²) >= 11 is 0. The smallest absolute Gasteiger partial charge is 0.324 e. The molecular weight excluding hydrogens is 264 g/mol. The third-order valence-electron chi connectivity index (χ3n) is 2.86. The molecule has 0 spiro atoms. The van der Waals surface area contributed by atoms with Gasteiger partial charge < -0.3 is 4.90 Å². The van der Waals surface area contributed by atoms with E-state index >= 15 is 0 Å². The number of rotatable bonds is 3. The lowest BCUT2D eigenvalue weighted by molar-refractivity contribution is 0.215. The number of hydrogen-bond acceptors (Lipinski definition) is 3. The van der Waals surface area contributed by atoms with Gasteiger partial charge in [-0.15, -0.1) is 0 Å². The van der Waals surface area contributed by atoms with Crippen molar-refractivity contribution in [1.29, 1.82) is 0 Å². The fraction of sp³-hybridized carbons (Fsp3) is 0.308. The fourth-order valence-electron chi connectivity index (χ4n) is 1.87. The highest BCUT2D eigenvalue weighted by molar-refractivity contribution is 7.93. The van der Waals surface area contributed by atoms with Crippen LogP contribution in [0.25, 0.3) is 6.08 Å². The summed E-state index contributed by atoms with van der Waals surface area (Å²) in [6.45, 7) is 1.23. The Hall–Kier alpha value is -1.82. The number of sulfonamides is 1. The molecule has 5 nitrogen and oxygen atoms in total. The Balaban J connectivity index is 1.98. The highest BCUT2D eigenvalue weighted by atomic mass is 32.2. The third kappa shape index (κ3) is 4.10. The van der Waals surface area contributed by atoms with E-state index in [4.69, 9.17) is 0 Å². The zero-order valence-electron chi connectivity index (χ0n) is 10.5. The maximum atomic E-state index is 11.7. The molecule has 102 valence electrons. The van der Waals surface area contributed by atoms with Gasteiger partial charge in [0.1, 0.15) is 0 Å². The zero-order valence-corrected chi connectivity index (χ0v) is 11.3. The number of carbonyl (C=O) groups excluding carboxylic acids is 1. The molecule has 1 aromatic rings. The zero-order chi connectivity index (χ0) is 13.7. The quantitative estimate of drug-likeness (QED) is 0.918. The first-order valence-corrected chi connectivity index (χ1v) is 7.66. The Morgan fingerprint density at radius 3 is 2.42 bits per heavy atom. The maximum Gasteiger partial charge on any atom is 0.331 e. The van der Waals surface area contributed by atoms with Crippen LogP contribution in [0.15, 0.2) is 35.7 Å². The Kier molecular flexibility index (Phi) is 4.21. The van der Waals surface area contributed by atoms with Gasteiger partial charge in [0.2, 0.25) is 0 Å². The van der Waals surface area contributed by atoms with Gasteiger partial charge in [-0.2, -0.15) is 0 Å². The number of likely N-dealkylation sites (tertiary alicyclic amines) is 1. The Morgan fingerprint density at radius 1 is 1.16 bits per heavy atom. The molecule has 1 aliphatic rings. The van der Waals surface area contributed by atoms with Crippen LogP contribution in [0.3, 0.4) is 0 Å². The normalized spacial score (nSPS) is 15.9. The topological polar surface area (TPSA) is 66.5 Å². The SMILES string of the molecule is O=C(NS(=O)(=O)/C=C/c1ccccc1)N1CCCC1. The van der Waals surface area contributed by atoms with E-state index in [1.165, 1.54) is 11.0 Å². The number of nitrogens with one attached hydrogen (secondary N) is 1. The van der Waals surface area contributed by atoms with Crippen molar-refractivity contribution in [2.45, 2.75) is 12.8 Å². The van der Waals surface area contributed by atoms with Gasteiger partial charge in [0, 0.05) is 13.1 Å². The predicted molar refractivity (Wildman–Crippen MR) is 73.7 cm³/mol. The van der Waals surface area contributed by atoms with Gasteiger partial charge in [0.25, 0.3) is 10.0 Å². The van der Waals surface area contributed by atoms with Crippen molar-refractivity contribution in [3.63, 3.8) is 0 Å². The van der Waals surface area contributed by atoms with E-state index in [1.807, 2.05) is 22.9 Å². The highest BCUT2D eigenvalue weighted by Gasteiger charge is 2.21.